The van der Waals surface area contributed by atoms with Gasteiger partial charge in [0.2, 0.25) is 0 Å². The average Bonchev–Trinajstić information content (AvgIpc) is 3.42. The van der Waals surface area contributed by atoms with Gasteiger partial charge in [0.25, 0.3) is 0 Å². The van der Waals surface area contributed by atoms with Crippen LogP contribution in [0.5, 0.6) is 0 Å². The molecular formula is C27H28BrF2N5O3S2. The van der Waals surface area contributed by atoms with Crippen LogP contribution < -0.4 is 3.71 Å². The normalized spacial score (nSPS) is 19.8. The molecule has 0 atom stereocenters. The summed E-state index contributed by atoms with van der Waals surface area (Å²) in [5.41, 5.74) is 3.12. The van der Waals surface area contributed by atoms with Crippen molar-refractivity contribution in [3.8, 4) is 11.1 Å². The fourth-order valence-corrected chi connectivity index (χ4v) is 6.49. The van der Waals surface area contributed by atoms with Crippen LogP contribution in [-0.4, -0.2) is 45.4 Å². The number of aromatic nitrogens is 4. The Bertz CT molecular complexity index is 1440. The number of carbonyl (C=O) groups is 1. The molecule has 1 saturated carbocycles. The summed E-state index contributed by atoms with van der Waals surface area (Å²) in [6.07, 6.45) is 12.7. The van der Waals surface area contributed by atoms with E-state index in [0.29, 0.717) is 47.1 Å². The summed E-state index contributed by atoms with van der Waals surface area (Å²) in [7, 11) is 2.84. The number of pyridine rings is 1. The average molecular weight is 653 g/mol. The van der Waals surface area contributed by atoms with Gasteiger partial charge in [-0.2, -0.15) is 13.3 Å². The van der Waals surface area contributed by atoms with E-state index in [-0.39, 0.29) is 36.4 Å². The molecule has 0 saturated heterocycles. The van der Waals surface area contributed by atoms with Gasteiger partial charge in [0.1, 0.15) is 0 Å². The molecule has 0 amide bonds. The van der Waals surface area contributed by atoms with Crippen molar-refractivity contribution in [2.45, 2.75) is 44.1 Å². The highest BCUT2D eigenvalue weighted by molar-refractivity contribution is 9.10. The molecule has 3 aromatic heterocycles. The second kappa shape index (κ2) is 13.3. The number of fused-ring (bicyclic) bond motifs is 1. The van der Waals surface area contributed by atoms with E-state index in [1.165, 1.54) is 18.7 Å². The molecule has 1 aliphatic carbocycles. The molecule has 13 heteroatoms. The highest BCUT2D eigenvalue weighted by Gasteiger charge is 2.44. The SMILES string of the molecule is C=C/C=C\C(=C/C)c1ccc(-c2cnn3c(N(SF)SF)c(Br)c(C4CCC(OC)(C(=O)OC)CC4)nc23)cn1. The fraction of sp³-hybridized carbons (Fsp3) is 0.333. The van der Waals surface area contributed by atoms with Crippen molar-refractivity contribution in [1.29, 1.82) is 0 Å². The second-order valence-electron chi connectivity index (χ2n) is 9.06. The molecule has 3 heterocycles. The van der Waals surface area contributed by atoms with Gasteiger partial charge in [-0.05, 0) is 60.2 Å². The Labute approximate surface area is 248 Å². The smallest absolute Gasteiger partial charge is 0.338 e. The van der Waals surface area contributed by atoms with Crippen molar-refractivity contribution in [2.24, 2.45) is 0 Å². The maximum Gasteiger partial charge on any atom is 0.338 e. The molecule has 8 nitrogen and oxygen atoms in total. The van der Waals surface area contributed by atoms with Gasteiger partial charge in [-0.1, -0.05) is 36.9 Å². The number of methoxy groups -OCH3 is 2. The number of nitrogens with zero attached hydrogens (tertiary/aromatic N) is 5. The number of halogens is 3. The van der Waals surface area contributed by atoms with Crippen LogP contribution in [-0.2, 0) is 14.3 Å². The molecule has 4 rings (SSSR count). The summed E-state index contributed by atoms with van der Waals surface area (Å²) >= 11 is 3.00. The Morgan fingerprint density at radius 2 is 1.98 bits per heavy atom. The molecule has 40 heavy (non-hydrogen) atoms. The summed E-state index contributed by atoms with van der Waals surface area (Å²) in [5.74, 6) is -0.377. The first kappa shape index (κ1) is 30.2. The van der Waals surface area contributed by atoms with Crippen molar-refractivity contribution in [1.82, 2.24) is 19.6 Å². The fourth-order valence-electron chi connectivity index (χ4n) is 4.94. The zero-order valence-electron chi connectivity index (χ0n) is 22.1. The summed E-state index contributed by atoms with van der Waals surface area (Å²) in [4.78, 5) is 22.0. The van der Waals surface area contributed by atoms with E-state index in [9.17, 15) is 12.6 Å². The Hall–Kier alpha value is -2.74. The Morgan fingerprint density at radius 3 is 2.52 bits per heavy atom. The molecule has 0 bridgehead atoms. The third kappa shape index (κ3) is 5.69. The zero-order chi connectivity index (χ0) is 28.9. The number of anilines is 1. The van der Waals surface area contributed by atoms with Gasteiger partial charge >= 0.3 is 5.97 Å². The van der Waals surface area contributed by atoms with Gasteiger partial charge in [-0.25, -0.2) is 9.78 Å². The molecule has 0 radical (unpaired) electrons. The number of rotatable bonds is 10. The van der Waals surface area contributed by atoms with Gasteiger partial charge in [0.15, 0.2) is 41.7 Å². The van der Waals surface area contributed by atoms with Gasteiger partial charge in [0, 0.05) is 30.4 Å². The second-order valence-corrected chi connectivity index (χ2v) is 11.1. The molecule has 0 N–H and O–H groups in total. The first-order valence-electron chi connectivity index (χ1n) is 12.4. The van der Waals surface area contributed by atoms with Crippen LogP contribution in [0.15, 0.2) is 59.9 Å². The quantitative estimate of drug-likeness (QED) is 0.124. The predicted octanol–water partition coefficient (Wildman–Crippen LogP) is 7.79. The zero-order valence-corrected chi connectivity index (χ0v) is 25.4. The maximum atomic E-state index is 13.9. The van der Waals surface area contributed by atoms with Gasteiger partial charge < -0.3 is 9.47 Å². The van der Waals surface area contributed by atoms with Crippen molar-refractivity contribution in [3.05, 3.63) is 71.3 Å². The van der Waals surface area contributed by atoms with Gasteiger partial charge in [-0.3, -0.25) is 4.98 Å². The lowest BCUT2D eigenvalue weighted by Crippen LogP contribution is -2.44. The Kier molecular flexibility index (Phi) is 10.0. The first-order valence-corrected chi connectivity index (χ1v) is 14.5. The van der Waals surface area contributed by atoms with E-state index < -0.39 is 11.6 Å². The van der Waals surface area contributed by atoms with Crippen molar-refractivity contribution >= 4 is 63.6 Å². The summed E-state index contributed by atoms with van der Waals surface area (Å²) in [6, 6.07) is 3.80. The summed E-state index contributed by atoms with van der Waals surface area (Å²) in [6.45, 7) is 5.63. The van der Waals surface area contributed by atoms with Crippen LogP contribution >= 0.6 is 40.6 Å². The van der Waals surface area contributed by atoms with Crippen LogP contribution in [0.25, 0.3) is 22.3 Å². The number of esters is 1. The molecule has 3 aromatic rings. The van der Waals surface area contributed by atoms with E-state index in [0.717, 1.165) is 20.5 Å². The van der Waals surface area contributed by atoms with Crippen LogP contribution in [0.4, 0.5) is 13.6 Å². The monoisotopic (exact) mass is 651 g/mol. The largest absolute Gasteiger partial charge is 0.467 e. The van der Waals surface area contributed by atoms with Crippen LogP contribution in [0, 0.1) is 0 Å². The third-order valence-electron chi connectivity index (χ3n) is 7.11. The van der Waals surface area contributed by atoms with E-state index >= 15 is 0 Å². The topological polar surface area (TPSA) is 81.9 Å². The molecule has 0 spiro atoms. The lowest BCUT2D eigenvalue weighted by Gasteiger charge is -2.36. The van der Waals surface area contributed by atoms with Crippen molar-refractivity contribution < 1.29 is 22.0 Å². The minimum absolute atomic E-state index is 0.112. The molecule has 1 fully saturated rings. The summed E-state index contributed by atoms with van der Waals surface area (Å²) < 4.78 is 40.9. The maximum absolute atomic E-state index is 13.9. The number of hydrogen-bond acceptors (Lipinski definition) is 9. The van der Waals surface area contributed by atoms with Crippen molar-refractivity contribution in [2.75, 3.05) is 17.9 Å². The number of hydrogen-bond donors (Lipinski definition) is 0. The van der Waals surface area contributed by atoms with Crippen LogP contribution in [0.2, 0.25) is 0 Å². The predicted molar refractivity (Wildman–Crippen MR) is 160 cm³/mol. The number of allylic oxidation sites excluding steroid dienone is 5. The summed E-state index contributed by atoms with van der Waals surface area (Å²) in [5, 5.41) is 4.42. The lowest BCUT2D eigenvalue weighted by molar-refractivity contribution is -0.170. The molecule has 0 aliphatic heterocycles. The van der Waals surface area contributed by atoms with Gasteiger partial charge in [-0.15, -0.1) is 7.77 Å². The van der Waals surface area contributed by atoms with Crippen LogP contribution in [0.1, 0.15) is 49.9 Å². The Morgan fingerprint density at radius 1 is 1.25 bits per heavy atom. The third-order valence-corrected chi connectivity index (χ3v) is 8.81. The van der Waals surface area contributed by atoms with E-state index in [1.54, 1.807) is 18.5 Å². The van der Waals surface area contributed by atoms with Crippen LogP contribution in [0.3, 0.4) is 0 Å². The number of carbonyl (C=O) groups excluding carboxylic acids is 1. The number of ether oxygens (including phenoxy) is 2. The van der Waals surface area contributed by atoms with Gasteiger partial charge in [0.05, 0.1) is 29.2 Å². The minimum Gasteiger partial charge on any atom is -0.467 e. The van der Waals surface area contributed by atoms with E-state index in [4.69, 9.17) is 14.5 Å². The lowest BCUT2D eigenvalue weighted by atomic mass is 9.77. The van der Waals surface area contributed by atoms with Crippen molar-refractivity contribution in [3.63, 3.8) is 0 Å². The highest BCUT2D eigenvalue weighted by Crippen LogP contribution is 2.46. The minimum atomic E-state index is -1.03. The van der Waals surface area contributed by atoms with E-state index in [2.05, 4.69) is 32.6 Å². The molecule has 1 aliphatic rings. The molecule has 0 aromatic carbocycles. The first-order chi connectivity index (χ1) is 19.4. The molecule has 212 valence electrons. The molecule has 0 unspecified atom stereocenters. The Balaban J connectivity index is 1.79. The van der Waals surface area contributed by atoms with E-state index in [1.807, 2.05) is 37.3 Å². The highest BCUT2D eigenvalue weighted by atomic mass is 79.9. The standard InChI is InChI=1S/C27H28BrF2N5O3S2/c1-5-7-8-17(6-2)21-10-9-19(15-31-21)20-16-32-34-24(20)33-23(22(28)25(34)35(39-29)40-30)18-11-13-27(38-4,14-12-18)26(36)37-3/h5-10,15-16,18H,1,11-14H2,2-4H3/b8-7-,17-6+. The molecular weight excluding hydrogens is 624 g/mol.